The van der Waals surface area contributed by atoms with E-state index in [1.165, 1.54) is 11.3 Å². The van der Waals surface area contributed by atoms with Crippen LogP contribution in [-0.2, 0) is 20.9 Å². The first-order chi connectivity index (χ1) is 9.97. The van der Waals surface area contributed by atoms with E-state index in [-0.39, 0.29) is 31.6 Å². The zero-order valence-electron chi connectivity index (χ0n) is 11.7. The number of rotatable bonds is 2. The Bertz CT molecular complexity index is 739. The van der Waals surface area contributed by atoms with Crippen molar-refractivity contribution in [2.75, 3.05) is 18.9 Å². The van der Waals surface area contributed by atoms with Gasteiger partial charge in [0.25, 0.3) is 11.8 Å². The Labute approximate surface area is 124 Å². The average molecular weight is 306 g/mol. The zero-order valence-corrected chi connectivity index (χ0v) is 12.5. The van der Waals surface area contributed by atoms with Crippen molar-refractivity contribution in [1.82, 2.24) is 14.9 Å². The lowest BCUT2D eigenvalue weighted by atomic mass is 10.2. The van der Waals surface area contributed by atoms with Gasteiger partial charge >= 0.3 is 0 Å². The Hall–Kier alpha value is -2.06. The normalized spacial score (nSPS) is 16.0. The molecule has 0 aromatic carbocycles. The maximum Gasteiger partial charge on any atom is 0.255 e. The van der Waals surface area contributed by atoms with Crippen LogP contribution in [0.25, 0.3) is 10.2 Å². The molecular formula is C13H14N4O3S. The summed E-state index contributed by atoms with van der Waals surface area (Å²) in [5.41, 5.74) is 7.06. The molecule has 0 unspecified atom stereocenters. The van der Waals surface area contributed by atoms with Crippen molar-refractivity contribution in [3.8, 4) is 0 Å². The van der Waals surface area contributed by atoms with Gasteiger partial charge in [0.15, 0.2) is 5.82 Å². The topological polar surface area (TPSA) is 98.4 Å². The van der Waals surface area contributed by atoms with Crippen LogP contribution in [0, 0.1) is 13.8 Å². The molecule has 0 bridgehead atoms. The van der Waals surface area contributed by atoms with Gasteiger partial charge in [0, 0.05) is 4.88 Å². The molecule has 0 radical (unpaired) electrons. The van der Waals surface area contributed by atoms with Crippen molar-refractivity contribution in [2.45, 2.75) is 20.4 Å². The Morgan fingerprint density at radius 2 is 1.90 bits per heavy atom. The van der Waals surface area contributed by atoms with Gasteiger partial charge in [-0.1, -0.05) is 0 Å². The molecule has 0 spiro atoms. The van der Waals surface area contributed by atoms with E-state index < -0.39 is 0 Å². The molecule has 8 heteroatoms. The summed E-state index contributed by atoms with van der Waals surface area (Å²) in [5.74, 6) is -0.0195. The first-order valence-corrected chi connectivity index (χ1v) is 7.22. The summed E-state index contributed by atoms with van der Waals surface area (Å²) in [5, 5.41) is 0.848. The number of amides is 2. The number of carbonyl (C=O) groups is 2. The molecular weight excluding hydrogens is 292 g/mol. The summed E-state index contributed by atoms with van der Waals surface area (Å²) >= 11 is 1.53. The fourth-order valence-corrected chi connectivity index (χ4v) is 3.29. The number of carbonyl (C=O) groups excluding carboxylic acids is 2. The third-order valence-electron chi connectivity index (χ3n) is 3.46. The molecule has 2 N–H and O–H groups in total. The van der Waals surface area contributed by atoms with Crippen LogP contribution in [0.1, 0.15) is 16.3 Å². The summed E-state index contributed by atoms with van der Waals surface area (Å²) < 4.78 is 4.87. The van der Waals surface area contributed by atoms with Crippen molar-refractivity contribution < 1.29 is 14.3 Å². The number of hydrogen-bond donors (Lipinski definition) is 1. The average Bonchev–Trinajstić information content (AvgIpc) is 2.70. The lowest BCUT2D eigenvalue weighted by molar-refractivity contribution is -0.159. The van der Waals surface area contributed by atoms with Gasteiger partial charge in [0.1, 0.15) is 23.9 Å². The second-order valence-corrected chi connectivity index (χ2v) is 6.06. The van der Waals surface area contributed by atoms with E-state index >= 15 is 0 Å². The van der Waals surface area contributed by atoms with Crippen LogP contribution in [0.2, 0.25) is 0 Å². The van der Waals surface area contributed by atoms with Gasteiger partial charge in [-0.25, -0.2) is 9.97 Å². The van der Waals surface area contributed by atoms with E-state index in [1.54, 1.807) is 0 Å². The highest BCUT2D eigenvalue weighted by atomic mass is 32.1. The molecule has 0 atom stereocenters. The van der Waals surface area contributed by atoms with Gasteiger partial charge in [0.05, 0.1) is 11.9 Å². The molecule has 7 nitrogen and oxygen atoms in total. The minimum atomic E-state index is -0.382. The number of morpholine rings is 1. The molecule has 1 aliphatic rings. The molecule has 2 amide bonds. The van der Waals surface area contributed by atoms with Crippen molar-refractivity contribution >= 4 is 39.2 Å². The van der Waals surface area contributed by atoms with Gasteiger partial charge in [-0.15, -0.1) is 11.3 Å². The summed E-state index contributed by atoms with van der Waals surface area (Å²) in [4.78, 5) is 35.1. The molecule has 2 aromatic rings. The molecule has 3 heterocycles. The molecule has 0 aliphatic carbocycles. The standard InChI is InChI=1S/C13H14N4O3S/c1-6-7(2)21-13-11(6)12(14)15-8(16-13)3-17-9(18)4-20-5-10(17)19/h3-5H2,1-2H3,(H2,14,15,16). The van der Waals surface area contributed by atoms with Crippen LogP contribution in [0.3, 0.4) is 0 Å². The van der Waals surface area contributed by atoms with E-state index in [2.05, 4.69) is 9.97 Å². The highest BCUT2D eigenvalue weighted by molar-refractivity contribution is 7.18. The maximum absolute atomic E-state index is 11.7. The fourth-order valence-electron chi connectivity index (χ4n) is 2.24. The third-order valence-corrected chi connectivity index (χ3v) is 4.56. The highest BCUT2D eigenvalue weighted by Crippen LogP contribution is 2.31. The van der Waals surface area contributed by atoms with E-state index in [1.807, 2.05) is 13.8 Å². The second-order valence-electron chi connectivity index (χ2n) is 4.85. The highest BCUT2D eigenvalue weighted by Gasteiger charge is 2.28. The summed E-state index contributed by atoms with van der Waals surface area (Å²) in [6, 6.07) is 0. The zero-order chi connectivity index (χ0) is 15.1. The number of hydrogen-bond acceptors (Lipinski definition) is 7. The molecule has 21 heavy (non-hydrogen) atoms. The second kappa shape index (κ2) is 5.05. The van der Waals surface area contributed by atoms with Gasteiger partial charge < -0.3 is 10.5 Å². The molecule has 110 valence electrons. The number of thiophene rings is 1. The van der Waals surface area contributed by atoms with Gasteiger partial charge in [-0.05, 0) is 19.4 Å². The van der Waals surface area contributed by atoms with Crippen molar-refractivity contribution in [1.29, 1.82) is 0 Å². The van der Waals surface area contributed by atoms with Crippen LogP contribution in [0.4, 0.5) is 5.82 Å². The van der Waals surface area contributed by atoms with Crippen LogP contribution >= 0.6 is 11.3 Å². The van der Waals surface area contributed by atoms with E-state index in [9.17, 15) is 9.59 Å². The summed E-state index contributed by atoms with van der Waals surface area (Å²) in [7, 11) is 0. The molecule has 3 rings (SSSR count). The predicted octanol–water partition coefficient (Wildman–Crippen LogP) is 0.776. The van der Waals surface area contributed by atoms with Crippen LogP contribution in [0.5, 0.6) is 0 Å². The predicted molar refractivity (Wildman–Crippen MR) is 77.7 cm³/mol. The Morgan fingerprint density at radius 3 is 2.57 bits per heavy atom. The van der Waals surface area contributed by atoms with E-state index in [0.29, 0.717) is 11.6 Å². The largest absolute Gasteiger partial charge is 0.383 e. The van der Waals surface area contributed by atoms with Crippen LogP contribution < -0.4 is 5.73 Å². The summed E-state index contributed by atoms with van der Waals surface area (Å²) in [6.07, 6.45) is 0. The molecule has 0 saturated carbocycles. The third kappa shape index (κ3) is 2.36. The number of nitrogen functional groups attached to an aromatic ring is 1. The number of aryl methyl sites for hydroxylation is 2. The minimum absolute atomic E-state index is 0.0250. The van der Waals surface area contributed by atoms with Gasteiger partial charge in [-0.2, -0.15) is 0 Å². The molecule has 1 aliphatic heterocycles. The number of ether oxygens (including phenoxy) is 1. The van der Waals surface area contributed by atoms with E-state index in [4.69, 9.17) is 10.5 Å². The maximum atomic E-state index is 11.7. The lowest BCUT2D eigenvalue weighted by Gasteiger charge is -2.24. The number of anilines is 1. The van der Waals surface area contributed by atoms with Gasteiger partial charge in [0.2, 0.25) is 0 Å². The number of aromatic nitrogens is 2. The minimum Gasteiger partial charge on any atom is -0.383 e. The first-order valence-electron chi connectivity index (χ1n) is 6.40. The monoisotopic (exact) mass is 306 g/mol. The number of nitrogens with two attached hydrogens (primary N) is 1. The lowest BCUT2D eigenvalue weighted by Crippen LogP contribution is -2.45. The molecule has 1 saturated heterocycles. The Morgan fingerprint density at radius 1 is 1.24 bits per heavy atom. The smallest absolute Gasteiger partial charge is 0.255 e. The van der Waals surface area contributed by atoms with E-state index in [0.717, 1.165) is 25.6 Å². The van der Waals surface area contributed by atoms with Crippen molar-refractivity contribution in [2.24, 2.45) is 0 Å². The summed E-state index contributed by atoms with van der Waals surface area (Å²) in [6.45, 7) is 3.80. The first kappa shape index (κ1) is 13.9. The Kier molecular flexibility index (Phi) is 3.34. The fraction of sp³-hybridized carbons (Fsp3) is 0.385. The van der Waals surface area contributed by atoms with Gasteiger partial charge in [-0.3, -0.25) is 14.5 Å². The Balaban J connectivity index is 1.98. The quantitative estimate of drug-likeness (QED) is 0.823. The number of imide groups is 1. The molecule has 1 fully saturated rings. The van der Waals surface area contributed by atoms with Crippen molar-refractivity contribution in [3.63, 3.8) is 0 Å². The molecule has 2 aromatic heterocycles. The number of fused-ring (bicyclic) bond motifs is 1. The number of nitrogens with zero attached hydrogens (tertiary/aromatic N) is 3. The SMILES string of the molecule is Cc1sc2nc(CN3C(=O)COCC3=O)nc(N)c2c1C. The van der Waals surface area contributed by atoms with Crippen LogP contribution in [-0.4, -0.2) is 39.9 Å². The van der Waals surface area contributed by atoms with Crippen LogP contribution in [0.15, 0.2) is 0 Å². The van der Waals surface area contributed by atoms with Crippen molar-refractivity contribution in [3.05, 3.63) is 16.3 Å².